The van der Waals surface area contributed by atoms with Crippen LogP contribution in [0.3, 0.4) is 0 Å². The number of likely N-dealkylation sites (N-methyl/N-ethyl adjacent to an activating group) is 1. The lowest BCUT2D eigenvalue weighted by atomic mass is 10.1. The topological polar surface area (TPSA) is 140 Å². The summed E-state index contributed by atoms with van der Waals surface area (Å²) in [5.41, 5.74) is 0. The van der Waals surface area contributed by atoms with Crippen molar-refractivity contribution in [3.8, 4) is 0 Å². The van der Waals surface area contributed by atoms with Crippen LogP contribution in [-0.2, 0) is 28.2 Å². The van der Waals surface area contributed by atoms with Gasteiger partial charge in [-0.3, -0.25) is 14.1 Å². The molecule has 0 fully saturated rings. The molecule has 3 N–H and O–H groups in total. The molecule has 0 aromatic heterocycles. The van der Waals surface area contributed by atoms with Crippen molar-refractivity contribution in [3.05, 3.63) is 0 Å². The Labute approximate surface area is 250 Å². The Bertz CT molecular complexity index is 665. The predicted molar refractivity (Wildman–Crippen MR) is 163 cm³/mol. The normalized spacial score (nSPS) is 12.4. The second-order valence-electron chi connectivity index (χ2n) is 11.8. The molecule has 0 aromatic rings. The highest BCUT2D eigenvalue weighted by atomic mass is 31.2. The van der Waals surface area contributed by atoms with E-state index < -0.39 is 32.5 Å². The smallest absolute Gasteiger partial charge is 0.462 e. The molecule has 41 heavy (non-hydrogen) atoms. The SMILES string of the molecule is CCCCCCCCCCC(=O)OC[C@H](COP(=O)(O)O)OC(=O)CCCCCCCCCC.C[N+](C)(C)CCO. The third-order valence-electron chi connectivity index (χ3n) is 6.40. The van der Waals surface area contributed by atoms with Crippen LogP contribution >= 0.6 is 7.82 Å². The molecule has 0 bridgehead atoms. The molecule has 0 spiro atoms. The van der Waals surface area contributed by atoms with Crippen LogP contribution in [0.2, 0.25) is 0 Å². The average molecular weight is 613 g/mol. The van der Waals surface area contributed by atoms with Gasteiger partial charge in [0.1, 0.15) is 13.2 Å². The number of unbranched alkanes of at least 4 members (excludes halogenated alkanes) is 14. The summed E-state index contributed by atoms with van der Waals surface area (Å²) in [4.78, 5) is 42.0. The van der Waals surface area contributed by atoms with Crippen LogP contribution in [0.1, 0.15) is 129 Å². The summed E-state index contributed by atoms with van der Waals surface area (Å²) in [6.07, 6.45) is 17.1. The van der Waals surface area contributed by atoms with Crippen molar-refractivity contribution in [2.45, 2.75) is 136 Å². The summed E-state index contributed by atoms with van der Waals surface area (Å²) < 4.78 is 26.7. The zero-order chi connectivity index (χ0) is 31.4. The molecule has 11 heteroatoms. The summed E-state index contributed by atoms with van der Waals surface area (Å²) in [6, 6.07) is 0. The fourth-order valence-corrected chi connectivity index (χ4v) is 4.27. The number of phosphoric acid groups is 1. The van der Waals surface area contributed by atoms with Gasteiger partial charge in [0.05, 0.1) is 34.4 Å². The Kier molecular flexibility index (Phi) is 28.5. The molecule has 0 aliphatic rings. The molecule has 0 saturated heterocycles. The fourth-order valence-electron chi connectivity index (χ4n) is 3.91. The highest BCUT2D eigenvalue weighted by Crippen LogP contribution is 2.35. The van der Waals surface area contributed by atoms with Crippen molar-refractivity contribution in [2.24, 2.45) is 0 Å². The van der Waals surface area contributed by atoms with Crippen LogP contribution in [0.5, 0.6) is 0 Å². The van der Waals surface area contributed by atoms with Crippen LogP contribution in [0.15, 0.2) is 0 Å². The number of carbonyl (C=O) groups is 2. The molecule has 0 heterocycles. The molecular formula is C30H63NO9P+. The Hall–Kier alpha value is -1.03. The number of quaternary nitrogens is 1. The Morgan fingerprint density at radius 1 is 0.683 bits per heavy atom. The minimum atomic E-state index is -4.72. The van der Waals surface area contributed by atoms with Gasteiger partial charge in [0, 0.05) is 12.8 Å². The highest BCUT2D eigenvalue weighted by molar-refractivity contribution is 7.46. The molecule has 0 amide bonds. The summed E-state index contributed by atoms with van der Waals surface area (Å²) in [6.45, 7) is 4.68. The van der Waals surface area contributed by atoms with E-state index in [0.717, 1.165) is 49.6 Å². The Balaban J connectivity index is 0. The third-order valence-corrected chi connectivity index (χ3v) is 6.88. The maximum atomic E-state index is 12.1. The van der Waals surface area contributed by atoms with E-state index in [4.69, 9.17) is 24.4 Å². The lowest BCUT2D eigenvalue weighted by molar-refractivity contribution is -0.870. The number of aliphatic hydroxyl groups excluding tert-OH is 1. The van der Waals surface area contributed by atoms with Crippen molar-refractivity contribution >= 4 is 19.8 Å². The minimum Gasteiger partial charge on any atom is -0.462 e. The number of carbonyl (C=O) groups excluding carboxylic acids is 2. The lowest BCUT2D eigenvalue weighted by Gasteiger charge is -2.21. The number of phosphoric ester groups is 1. The van der Waals surface area contributed by atoms with E-state index in [1.165, 1.54) is 57.8 Å². The van der Waals surface area contributed by atoms with Gasteiger partial charge in [-0.05, 0) is 12.8 Å². The van der Waals surface area contributed by atoms with E-state index in [0.29, 0.717) is 6.42 Å². The van der Waals surface area contributed by atoms with Gasteiger partial charge in [0.15, 0.2) is 6.10 Å². The van der Waals surface area contributed by atoms with Gasteiger partial charge in [-0.15, -0.1) is 0 Å². The number of nitrogens with zero attached hydrogens (tertiary/aromatic N) is 1. The van der Waals surface area contributed by atoms with Gasteiger partial charge < -0.3 is 28.9 Å². The zero-order valence-corrected chi connectivity index (χ0v) is 27.7. The molecule has 0 saturated carbocycles. The minimum absolute atomic E-state index is 0.216. The number of hydrogen-bond acceptors (Lipinski definition) is 7. The molecular weight excluding hydrogens is 549 g/mol. The molecule has 0 radical (unpaired) electrons. The first-order chi connectivity index (χ1) is 19.3. The molecule has 1 atom stereocenters. The highest BCUT2D eigenvalue weighted by Gasteiger charge is 2.22. The van der Waals surface area contributed by atoms with Gasteiger partial charge >= 0.3 is 19.8 Å². The van der Waals surface area contributed by atoms with Gasteiger partial charge in [0.2, 0.25) is 0 Å². The van der Waals surface area contributed by atoms with E-state index in [2.05, 4.69) is 39.5 Å². The Morgan fingerprint density at radius 2 is 1.10 bits per heavy atom. The summed E-state index contributed by atoms with van der Waals surface area (Å²) in [7, 11) is 1.44. The van der Waals surface area contributed by atoms with E-state index in [1.807, 2.05) is 0 Å². The molecule has 246 valence electrons. The fraction of sp³-hybridized carbons (Fsp3) is 0.933. The van der Waals surface area contributed by atoms with Crippen molar-refractivity contribution in [1.29, 1.82) is 0 Å². The maximum Gasteiger partial charge on any atom is 0.469 e. The van der Waals surface area contributed by atoms with Crippen LogP contribution < -0.4 is 0 Å². The zero-order valence-electron chi connectivity index (χ0n) is 26.8. The third kappa shape index (κ3) is 36.9. The molecule has 0 aliphatic heterocycles. The number of esters is 2. The van der Waals surface area contributed by atoms with Crippen molar-refractivity contribution < 1.29 is 47.5 Å². The summed E-state index contributed by atoms with van der Waals surface area (Å²) in [5, 5.41) is 8.39. The first-order valence-corrected chi connectivity index (χ1v) is 17.3. The average Bonchev–Trinajstić information content (AvgIpc) is 2.88. The second-order valence-corrected chi connectivity index (χ2v) is 13.0. The number of aliphatic hydroxyl groups is 1. The van der Waals surface area contributed by atoms with Gasteiger partial charge in [-0.1, -0.05) is 104 Å². The van der Waals surface area contributed by atoms with E-state index >= 15 is 0 Å². The van der Waals surface area contributed by atoms with Crippen molar-refractivity contribution in [2.75, 3.05) is 47.5 Å². The monoisotopic (exact) mass is 612 g/mol. The van der Waals surface area contributed by atoms with Gasteiger partial charge in [0.25, 0.3) is 0 Å². The summed E-state index contributed by atoms with van der Waals surface area (Å²) >= 11 is 0. The van der Waals surface area contributed by atoms with Crippen LogP contribution in [-0.4, -0.2) is 84.9 Å². The van der Waals surface area contributed by atoms with E-state index in [9.17, 15) is 14.2 Å². The molecule has 0 aliphatic carbocycles. The Morgan fingerprint density at radius 3 is 1.46 bits per heavy atom. The molecule has 0 unspecified atom stereocenters. The number of hydrogen-bond donors (Lipinski definition) is 3. The molecule has 10 nitrogen and oxygen atoms in total. The van der Waals surface area contributed by atoms with Crippen LogP contribution in [0, 0.1) is 0 Å². The van der Waals surface area contributed by atoms with Crippen LogP contribution in [0.4, 0.5) is 0 Å². The van der Waals surface area contributed by atoms with Crippen molar-refractivity contribution in [1.82, 2.24) is 0 Å². The first-order valence-electron chi connectivity index (χ1n) is 15.8. The van der Waals surface area contributed by atoms with E-state index in [1.54, 1.807) is 0 Å². The number of rotatable bonds is 26. The maximum absolute atomic E-state index is 12.1. The van der Waals surface area contributed by atoms with Crippen LogP contribution in [0.25, 0.3) is 0 Å². The summed E-state index contributed by atoms with van der Waals surface area (Å²) in [5.74, 6) is -0.893. The van der Waals surface area contributed by atoms with Crippen molar-refractivity contribution in [3.63, 3.8) is 0 Å². The second kappa shape index (κ2) is 27.8. The van der Waals surface area contributed by atoms with E-state index in [-0.39, 0.29) is 26.1 Å². The quantitative estimate of drug-likeness (QED) is 0.0444. The molecule has 0 aromatic carbocycles. The largest absolute Gasteiger partial charge is 0.469 e. The standard InChI is InChI=1S/C25H49O8P.C5H14NO/c1-3-5-7-9-11-13-15-17-19-24(26)31-21-23(22-32-34(28,29)30)33-25(27)20-18-16-14-12-10-8-6-4-2;1-6(2,3)4-5-7/h23H,3-22H2,1-2H3,(H2,28,29,30);7H,4-5H2,1-3H3/q;+1/t23-;/m1./s1. The molecule has 0 rings (SSSR count). The predicted octanol–water partition coefficient (Wildman–Crippen LogP) is 6.30. The van der Waals surface area contributed by atoms with Gasteiger partial charge in [-0.2, -0.15) is 0 Å². The lowest BCUT2D eigenvalue weighted by Crippen LogP contribution is -2.36. The number of ether oxygens (including phenoxy) is 2. The van der Waals surface area contributed by atoms with Gasteiger partial charge in [-0.25, -0.2) is 4.57 Å². The first kappa shape index (κ1) is 42.1.